The monoisotopic (exact) mass is 350 g/mol. The highest BCUT2D eigenvalue weighted by atomic mass is 79.9. The van der Waals surface area contributed by atoms with Crippen LogP contribution in [0.1, 0.15) is 16.6 Å². The normalized spacial score (nSPS) is 13.1. The molecule has 0 aromatic carbocycles. The minimum Gasteiger partial charge on any atom is -0.318 e. The van der Waals surface area contributed by atoms with Gasteiger partial charge >= 0.3 is 0 Å². The van der Waals surface area contributed by atoms with E-state index in [1.165, 1.54) is 0 Å². The first-order valence-corrected chi connectivity index (χ1v) is 6.61. The number of hydrogen-bond donors (Lipinski definition) is 1. The lowest BCUT2D eigenvalue weighted by Crippen LogP contribution is -2.15. The quantitative estimate of drug-likeness (QED) is 0.904. The van der Waals surface area contributed by atoms with Crippen molar-refractivity contribution < 1.29 is 0 Å². The van der Waals surface area contributed by atoms with Crippen molar-refractivity contribution in [1.29, 1.82) is 0 Å². The fourth-order valence-corrected chi connectivity index (χ4v) is 3.52. The van der Waals surface area contributed by atoms with Crippen LogP contribution in [0, 0.1) is 0 Å². The van der Waals surface area contributed by atoms with Crippen LogP contribution in [0.25, 0.3) is 0 Å². The van der Waals surface area contributed by atoms with Gasteiger partial charge in [-0.3, -0.25) is 0 Å². The third-order valence-corrected chi connectivity index (χ3v) is 4.57. The molecule has 15 heavy (non-hydrogen) atoms. The van der Waals surface area contributed by atoms with Crippen molar-refractivity contribution in [1.82, 2.24) is 15.0 Å². The van der Waals surface area contributed by atoms with Gasteiger partial charge in [0.1, 0.15) is 0 Å². The summed E-state index contributed by atoms with van der Waals surface area (Å²) in [4.78, 5) is 1.07. The summed E-state index contributed by atoms with van der Waals surface area (Å²) in [6.45, 7) is 0. The van der Waals surface area contributed by atoms with Gasteiger partial charge in [-0.15, -0.1) is 16.4 Å². The summed E-state index contributed by atoms with van der Waals surface area (Å²) < 4.78 is 3.40. The Labute approximate surface area is 108 Å². The number of aromatic nitrogens is 3. The highest BCUT2D eigenvalue weighted by molar-refractivity contribution is 9.10. The van der Waals surface area contributed by atoms with Gasteiger partial charge < -0.3 is 5.73 Å². The van der Waals surface area contributed by atoms with Crippen LogP contribution in [0.5, 0.6) is 0 Å². The maximum absolute atomic E-state index is 6.16. The highest BCUT2D eigenvalue weighted by Crippen LogP contribution is 2.33. The van der Waals surface area contributed by atoms with E-state index in [0.29, 0.717) is 4.60 Å². The van der Waals surface area contributed by atoms with Gasteiger partial charge in [0.05, 0.1) is 11.7 Å². The average Bonchev–Trinajstić information content (AvgIpc) is 2.73. The molecule has 0 amide bonds. The molecule has 1 atom stereocenters. The lowest BCUT2D eigenvalue weighted by molar-refractivity contribution is 0.653. The summed E-state index contributed by atoms with van der Waals surface area (Å²) in [6.07, 6.45) is 0. The number of aryl methyl sites for hydroxylation is 1. The smallest absolute Gasteiger partial charge is 0.153 e. The molecular weight excluding hydrogens is 344 g/mol. The Balaban J connectivity index is 2.45. The highest BCUT2D eigenvalue weighted by Gasteiger charge is 2.20. The molecule has 0 aliphatic heterocycles. The summed E-state index contributed by atoms with van der Waals surface area (Å²) in [5, 5.41) is 9.82. The van der Waals surface area contributed by atoms with E-state index in [1.807, 2.05) is 18.5 Å². The number of hydrogen-bond acceptors (Lipinski definition) is 4. The molecule has 2 N–H and O–H groups in total. The average molecular weight is 352 g/mol. The second-order valence-electron chi connectivity index (χ2n) is 3.00. The number of thiophene rings is 1. The Hall–Kier alpha value is -0.240. The maximum Gasteiger partial charge on any atom is 0.153 e. The van der Waals surface area contributed by atoms with Crippen molar-refractivity contribution in [2.45, 2.75) is 6.04 Å². The van der Waals surface area contributed by atoms with Crippen LogP contribution in [0.3, 0.4) is 0 Å². The molecule has 0 saturated heterocycles. The van der Waals surface area contributed by atoms with Gasteiger partial charge in [0.2, 0.25) is 0 Å². The first-order chi connectivity index (χ1) is 7.11. The second-order valence-corrected chi connectivity index (χ2v) is 5.55. The van der Waals surface area contributed by atoms with Crippen molar-refractivity contribution in [3.8, 4) is 0 Å². The second kappa shape index (κ2) is 4.32. The number of rotatable bonds is 2. The van der Waals surface area contributed by atoms with Gasteiger partial charge in [-0.05, 0) is 43.3 Å². The summed E-state index contributed by atoms with van der Waals surface area (Å²) in [7, 11) is 1.83. The van der Waals surface area contributed by atoms with Crippen LogP contribution in [-0.4, -0.2) is 15.0 Å². The van der Waals surface area contributed by atoms with E-state index in [0.717, 1.165) is 15.0 Å². The first-order valence-electron chi connectivity index (χ1n) is 4.14. The molecule has 0 radical (unpaired) electrons. The lowest BCUT2D eigenvalue weighted by Gasteiger charge is -2.10. The molecule has 1 unspecified atom stereocenters. The summed E-state index contributed by atoms with van der Waals surface area (Å²) in [5.74, 6) is 0. The van der Waals surface area contributed by atoms with E-state index >= 15 is 0 Å². The molecule has 0 aliphatic rings. The predicted molar refractivity (Wildman–Crippen MR) is 66.8 cm³/mol. The Morgan fingerprint density at radius 1 is 1.53 bits per heavy atom. The number of nitrogens with zero attached hydrogens (tertiary/aromatic N) is 3. The van der Waals surface area contributed by atoms with Crippen molar-refractivity contribution in [3.05, 3.63) is 31.1 Å². The van der Waals surface area contributed by atoms with Crippen molar-refractivity contribution >= 4 is 43.2 Å². The van der Waals surface area contributed by atoms with Crippen molar-refractivity contribution in [2.24, 2.45) is 12.8 Å². The van der Waals surface area contributed by atoms with Gasteiger partial charge in [-0.1, -0.05) is 5.21 Å². The third kappa shape index (κ3) is 2.01. The van der Waals surface area contributed by atoms with E-state index in [4.69, 9.17) is 5.73 Å². The van der Waals surface area contributed by atoms with E-state index in [-0.39, 0.29) is 6.04 Å². The van der Waals surface area contributed by atoms with Crippen LogP contribution in [0.15, 0.2) is 20.5 Å². The van der Waals surface area contributed by atoms with Crippen LogP contribution in [0.2, 0.25) is 0 Å². The molecule has 0 aliphatic carbocycles. The summed E-state index contributed by atoms with van der Waals surface area (Å²) >= 11 is 8.42. The first kappa shape index (κ1) is 11.3. The van der Waals surface area contributed by atoms with Gasteiger partial charge in [0, 0.05) is 16.4 Å². The summed E-state index contributed by atoms with van der Waals surface area (Å²) in [5.41, 5.74) is 7.03. The molecule has 0 bridgehead atoms. The molecule has 2 rings (SSSR count). The van der Waals surface area contributed by atoms with Gasteiger partial charge in [0.15, 0.2) is 4.60 Å². The lowest BCUT2D eigenvalue weighted by atomic mass is 10.2. The minimum atomic E-state index is -0.214. The van der Waals surface area contributed by atoms with Crippen molar-refractivity contribution in [3.63, 3.8) is 0 Å². The Kier molecular flexibility index (Phi) is 3.24. The molecule has 0 spiro atoms. The van der Waals surface area contributed by atoms with Gasteiger partial charge in [0.25, 0.3) is 0 Å². The van der Waals surface area contributed by atoms with E-state index in [9.17, 15) is 0 Å². The predicted octanol–water partition coefficient (Wildman–Crippen LogP) is 2.45. The molecule has 4 nitrogen and oxygen atoms in total. The molecule has 2 aromatic heterocycles. The largest absolute Gasteiger partial charge is 0.318 e. The van der Waals surface area contributed by atoms with E-state index < -0.39 is 0 Å². The van der Waals surface area contributed by atoms with Gasteiger partial charge in [-0.2, -0.15) is 0 Å². The molecule has 0 saturated carbocycles. The Morgan fingerprint density at radius 2 is 2.27 bits per heavy atom. The Morgan fingerprint density at radius 3 is 2.73 bits per heavy atom. The maximum atomic E-state index is 6.16. The van der Waals surface area contributed by atoms with E-state index in [1.54, 1.807) is 16.0 Å². The molecule has 7 heteroatoms. The fraction of sp³-hybridized carbons (Fsp3) is 0.250. The van der Waals surface area contributed by atoms with E-state index in [2.05, 4.69) is 42.2 Å². The van der Waals surface area contributed by atoms with Crippen LogP contribution in [-0.2, 0) is 7.05 Å². The molecule has 2 heterocycles. The third-order valence-electron chi connectivity index (χ3n) is 2.05. The number of halogens is 2. The van der Waals surface area contributed by atoms with Crippen LogP contribution >= 0.6 is 43.2 Å². The van der Waals surface area contributed by atoms with Crippen LogP contribution < -0.4 is 5.73 Å². The number of nitrogens with two attached hydrogens (primary N) is 1. The van der Waals surface area contributed by atoms with Crippen molar-refractivity contribution in [2.75, 3.05) is 0 Å². The SMILES string of the molecule is Cn1nnc(Br)c1C(N)c1sccc1Br. The minimum absolute atomic E-state index is 0.214. The topological polar surface area (TPSA) is 56.7 Å². The Bertz CT molecular complexity index is 459. The molecule has 0 fully saturated rings. The standard InChI is InChI=1S/C8H8Br2N4S/c1-14-6(8(10)12-13-14)5(11)7-4(9)2-3-15-7/h2-3,5H,11H2,1H3. The van der Waals surface area contributed by atoms with Crippen LogP contribution in [0.4, 0.5) is 0 Å². The zero-order chi connectivity index (χ0) is 11.0. The zero-order valence-corrected chi connectivity index (χ0v) is 11.8. The molecule has 80 valence electrons. The van der Waals surface area contributed by atoms with Gasteiger partial charge in [-0.25, -0.2) is 4.68 Å². The molecule has 2 aromatic rings. The molecular formula is C8H8Br2N4S. The zero-order valence-electron chi connectivity index (χ0n) is 7.82. The summed E-state index contributed by atoms with van der Waals surface area (Å²) in [6, 6.07) is 1.77. The fourth-order valence-electron chi connectivity index (χ4n) is 1.32.